The number of fused-ring (bicyclic) bond motifs is 1. The second-order valence-electron chi connectivity index (χ2n) is 10.6. The lowest BCUT2D eigenvalue weighted by molar-refractivity contribution is -0.123. The molecule has 6 rings (SSSR count). The van der Waals surface area contributed by atoms with Gasteiger partial charge in [-0.1, -0.05) is 78.9 Å². The van der Waals surface area contributed by atoms with E-state index < -0.39 is 6.10 Å². The fourth-order valence-electron chi connectivity index (χ4n) is 5.08. The molecule has 1 N–H and O–H groups in total. The molecule has 1 unspecified atom stereocenters. The number of aryl methyl sites for hydroxylation is 2. The van der Waals surface area contributed by atoms with E-state index in [0.29, 0.717) is 45.2 Å². The zero-order valence-electron chi connectivity index (χ0n) is 25.1. The van der Waals surface area contributed by atoms with Gasteiger partial charge in [-0.15, -0.1) is 0 Å². The molecule has 0 bridgehead atoms. The van der Waals surface area contributed by atoms with E-state index in [-0.39, 0.29) is 17.1 Å². The van der Waals surface area contributed by atoms with Gasteiger partial charge in [0.2, 0.25) is 17.3 Å². The van der Waals surface area contributed by atoms with Crippen molar-refractivity contribution in [2.45, 2.75) is 20.0 Å². The summed E-state index contributed by atoms with van der Waals surface area (Å²) in [6.45, 7) is 3.61. The van der Waals surface area contributed by atoms with Gasteiger partial charge in [0.15, 0.2) is 0 Å². The molecule has 0 radical (unpaired) electrons. The van der Waals surface area contributed by atoms with E-state index in [4.69, 9.17) is 18.6 Å². The molecule has 0 aliphatic carbocycles. The predicted molar refractivity (Wildman–Crippen MR) is 175 cm³/mol. The number of hydrogen-bond acceptors (Lipinski definition) is 6. The Morgan fingerprint density at radius 1 is 0.756 bits per heavy atom. The van der Waals surface area contributed by atoms with Crippen molar-refractivity contribution in [1.29, 1.82) is 0 Å². The smallest absolute Gasteiger partial charge is 0.270 e. The normalized spacial score (nSPS) is 11.5. The Bertz CT molecular complexity index is 2020. The van der Waals surface area contributed by atoms with Crippen molar-refractivity contribution in [3.05, 3.63) is 148 Å². The molecule has 1 aromatic heterocycles. The Morgan fingerprint density at radius 3 is 2.13 bits per heavy atom. The first-order valence-corrected chi connectivity index (χ1v) is 14.5. The third kappa shape index (κ3) is 6.43. The average Bonchev–Trinajstić information content (AvgIpc) is 3.06. The van der Waals surface area contributed by atoms with Crippen LogP contribution in [0.5, 0.6) is 23.0 Å². The molecule has 0 fully saturated rings. The number of carbonyl (C=O) groups is 1. The number of anilines is 1. The molecule has 6 aromatic rings. The quantitative estimate of drug-likeness (QED) is 0.180. The van der Waals surface area contributed by atoms with Gasteiger partial charge in [0.1, 0.15) is 28.6 Å². The Hall–Kier alpha value is -5.82. The first-order valence-electron chi connectivity index (χ1n) is 14.5. The number of carbonyl (C=O) groups excluding carboxylic acids is 1. The van der Waals surface area contributed by atoms with E-state index in [0.717, 1.165) is 16.7 Å². The van der Waals surface area contributed by atoms with Crippen LogP contribution >= 0.6 is 0 Å². The summed E-state index contributed by atoms with van der Waals surface area (Å²) in [5, 5.41) is 3.27. The highest BCUT2D eigenvalue weighted by molar-refractivity contribution is 5.96. The molecular formula is C38H31NO6. The Kier molecular flexibility index (Phi) is 8.33. The molecule has 7 nitrogen and oxygen atoms in total. The first-order chi connectivity index (χ1) is 21.9. The molecule has 45 heavy (non-hydrogen) atoms. The van der Waals surface area contributed by atoms with Crippen LogP contribution in [-0.2, 0) is 4.79 Å². The summed E-state index contributed by atoms with van der Waals surface area (Å²) in [5.74, 6) is 1.46. The first kappa shape index (κ1) is 29.3. The molecule has 0 aliphatic heterocycles. The lowest BCUT2D eigenvalue weighted by Crippen LogP contribution is -2.26. The monoisotopic (exact) mass is 597 g/mol. The molecule has 224 valence electrons. The van der Waals surface area contributed by atoms with Crippen molar-refractivity contribution in [3.8, 4) is 34.1 Å². The second-order valence-corrected chi connectivity index (χ2v) is 10.6. The molecular weight excluding hydrogens is 566 g/mol. The van der Waals surface area contributed by atoms with Gasteiger partial charge in [0, 0.05) is 11.6 Å². The van der Waals surface area contributed by atoms with E-state index in [1.165, 1.54) is 0 Å². The highest BCUT2D eigenvalue weighted by Crippen LogP contribution is 2.32. The number of ether oxygens (including phenoxy) is 3. The van der Waals surface area contributed by atoms with Crippen LogP contribution in [0.2, 0.25) is 0 Å². The van der Waals surface area contributed by atoms with Gasteiger partial charge in [0.25, 0.3) is 5.91 Å². The van der Waals surface area contributed by atoms with Crippen molar-refractivity contribution < 1.29 is 23.4 Å². The minimum absolute atomic E-state index is 0.109. The van der Waals surface area contributed by atoms with Crippen LogP contribution in [0.25, 0.3) is 22.1 Å². The molecule has 1 amide bonds. The molecule has 7 heteroatoms. The summed E-state index contributed by atoms with van der Waals surface area (Å²) >= 11 is 0. The van der Waals surface area contributed by atoms with Crippen LogP contribution in [0, 0.1) is 13.8 Å². The van der Waals surface area contributed by atoms with Gasteiger partial charge in [-0.2, -0.15) is 0 Å². The molecule has 0 saturated heterocycles. The Balaban J connectivity index is 1.27. The number of rotatable bonds is 9. The zero-order chi connectivity index (χ0) is 31.3. The van der Waals surface area contributed by atoms with Crippen molar-refractivity contribution in [1.82, 2.24) is 0 Å². The number of amides is 1. The minimum atomic E-state index is -0.997. The fraction of sp³-hybridized carbons (Fsp3) is 0.105. The summed E-state index contributed by atoms with van der Waals surface area (Å²) in [4.78, 5) is 27.1. The summed E-state index contributed by atoms with van der Waals surface area (Å²) in [5.41, 5.74) is 4.29. The summed E-state index contributed by atoms with van der Waals surface area (Å²) in [6.07, 6.45) is -0.997. The third-order valence-corrected chi connectivity index (χ3v) is 7.38. The van der Waals surface area contributed by atoms with E-state index in [2.05, 4.69) is 5.32 Å². The number of benzene rings is 5. The molecule has 5 aromatic carbocycles. The van der Waals surface area contributed by atoms with Gasteiger partial charge in [-0.25, -0.2) is 0 Å². The summed E-state index contributed by atoms with van der Waals surface area (Å²) < 4.78 is 23.7. The number of nitrogens with one attached hydrogen (secondary N) is 1. The van der Waals surface area contributed by atoms with Crippen molar-refractivity contribution in [2.24, 2.45) is 0 Å². The molecule has 1 heterocycles. The molecule has 0 aliphatic rings. The zero-order valence-corrected chi connectivity index (χ0v) is 25.1. The van der Waals surface area contributed by atoms with Crippen molar-refractivity contribution in [2.75, 3.05) is 12.4 Å². The van der Waals surface area contributed by atoms with Gasteiger partial charge in [-0.05, 0) is 66.9 Å². The second kappa shape index (κ2) is 12.8. The van der Waals surface area contributed by atoms with Gasteiger partial charge in [0.05, 0.1) is 18.2 Å². The van der Waals surface area contributed by atoms with Crippen molar-refractivity contribution >= 4 is 22.6 Å². The maximum Gasteiger partial charge on any atom is 0.270 e. The van der Waals surface area contributed by atoms with E-state index in [1.54, 1.807) is 38.3 Å². The predicted octanol–water partition coefficient (Wildman–Crippen LogP) is 8.64. The Morgan fingerprint density at radius 2 is 1.42 bits per heavy atom. The van der Waals surface area contributed by atoms with Gasteiger partial charge >= 0.3 is 0 Å². The van der Waals surface area contributed by atoms with Crippen LogP contribution in [-0.4, -0.2) is 13.0 Å². The van der Waals surface area contributed by atoms with Crippen LogP contribution in [0.1, 0.15) is 23.0 Å². The standard InChI is InChI=1S/C38H31NO6/c1-24-14-21-33(42-3)32(22-24)39-38(41)37(28-12-8-5-9-13-28)45-30-19-20-31-34(23-30)43-25(2)36(35(31)40)44-29-17-15-27(16-18-29)26-10-6-4-7-11-26/h4-23,37H,1-3H3,(H,39,41). The maximum absolute atomic E-state index is 13.6. The van der Waals surface area contributed by atoms with E-state index >= 15 is 0 Å². The summed E-state index contributed by atoms with van der Waals surface area (Å²) in [7, 11) is 1.55. The maximum atomic E-state index is 13.6. The highest BCUT2D eigenvalue weighted by Gasteiger charge is 2.25. The topological polar surface area (TPSA) is 87.0 Å². The minimum Gasteiger partial charge on any atom is -0.495 e. The van der Waals surface area contributed by atoms with E-state index in [9.17, 15) is 9.59 Å². The van der Waals surface area contributed by atoms with Crippen molar-refractivity contribution in [3.63, 3.8) is 0 Å². The van der Waals surface area contributed by atoms with Gasteiger partial charge < -0.3 is 23.9 Å². The SMILES string of the molecule is COc1ccc(C)cc1NC(=O)C(Oc1ccc2c(=O)c(Oc3ccc(-c4ccccc4)cc3)c(C)oc2c1)c1ccccc1. The molecule has 0 spiro atoms. The fourth-order valence-corrected chi connectivity index (χ4v) is 5.08. The number of hydrogen-bond donors (Lipinski definition) is 1. The largest absolute Gasteiger partial charge is 0.495 e. The average molecular weight is 598 g/mol. The highest BCUT2D eigenvalue weighted by atomic mass is 16.5. The van der Waals surface area contributed by atoms with E-state index in [1.807, 2.05) is 104 Å². The number of methoxy groups -OCH3 is 1. The van der Waals surface area contributed by atoms with Gasteiger partial charge in [-0.3, -0.25) is 9.59 Å². The van der Waals surface area contributed by atoms with Crippen LogP contribution in [0.4, 0.5) is 5.69 Å². The van der Waals surface area contributed by atoms with Crippen LogP contribution < -0.4 is 25.0 Å². The molecule has 1 atom stereocenters. The lowest BCUT2D eigenvalue weighted by atomic mass is 10.1. The summed E-state index contributed by atoms with van der Waals surface area (Å²) in [6, 6.07) is 37.1. The third-order valence-electron chi connectivity index (χ3n) is 7.38. The molecule has 0 saturated carbocycles. The van der Waals surface area contributed by atoms with Crippen LogP contribution in [0.3, 0.4) is 0 Å². The Labute approximate surface area is 260 Å². The lowest BCUT2D eigenvalue weighted by Gasteiger charge is -2.20. The van der Waals surface area contributed by atoms with Crippen LogP contribution in [0.15, 0.2) is 131 Å².